The summed E-state index contributed by atoms with van der Waals surface area (Å²) in [6.45, 7) is 7.30. The third-order valence-electron chi connectivity index (χ3n) is 2.97. The number of hydrogen-bond donors (Lipinski definition) is 1. The lowest BCUT2D eigenvalue weighted by molar-refractivity contribution is 0.00704. The summed E-state index contributed by atoms with van der Waals surface area (Å²) in [5.41, 5.74) is 1.17. The number of pyridine rings is 1. The summed E-state index contributed by atoms with van der Waals surface area (Å²) in [4.78, 5) is 28.6. The van der Waals surface area contributed by atoms with Crippen LogP contribution in [0, 0.1) is 6.92 Å². The third-order valence-corrected chi connectivity index (χ3v) is 2.97. The predicted molar refractivity (Wildman–Crippen MR) is 88.5 cm³/mol. The summed E-state index contributed by atoms with van der Waals surface area (Å²) >= 11 is 0. The van der Waals surface area contributed by atoms with Crippen molar-refractivity contribution < 1.29 is 14.3 Å². The van der Waals surface area contributed by atoms with Gasteiger partial charge in [0.1, 0.15) is 17.0 Å². The second kappa shape index (κ2) is 6.60. The minimum atomic E-state index is -0.620. The molecule has 120 valence electrons. The quantitative estimate of drug-likeness (QED) is 0.879. The molecule has 23 heavy (non-hydrogen) atoms. The standard InChI is InChI=1S/C18H20N2O3/c1-12-7-9-13(10-8-12)16(21)20-15-14(6-5-11-19-15)17(22)23-18(2,3)4/h5-11H,1-4H3,(H,19,20,21). The van der Waals surface area contributed by atoms with E-state index in [1.807, 2.05) is 19.1 Å². The van der Waals surface area contributed by atoms with Crippen LogP contribution in [0.1, 0.15) is 47.1 Å². The zero-order chi connectivity index (χ0) is 17.0. The number of esters is 1. The van der Waals surface area contributed by atoms with Crippen molar-refractivity contribution in [3.8, 4) is 0 Å². The largest absolute Gasteiger partial charge is 0.456 e. The van der Waals surface area contributed by atoms with Crippen molar-refractivity contribution in [1.82, 2.24) is 4.98 Å². The number of nitrogens with one attached hydrogen (secondary N) is 1. The number of anilines is 1. The molecule has 0 aliphatic heterocycles. The highest BCUT2D eigenvalue weighted by atomic mass is 16.6. The molecule has 1 N–H and O–H groups in total. The molecule has 5 heteroatoms. The number of rotatable bonds is 3. The molecule has 1 aromatic carbocycles. The highest BCUT2D eigenvalue weighted by molar-refractivity contribution is 6.07. The minimum absolute atomic E-state index is 0.187. The van der Waals surface area contributed by atoms with Crippen LogP contribution in [0.4, 0.5) is 5.82 Å². The summed E-state index contributed by atoms with van der Waals surface area (Å²) in [5, 5.41) is 2.66. The molecule has 0 fully saturated rings. The van der Waals surface area contributed by atoms with E-state index in [1.54, 1.807) is 45.0 Å². The molecule has 2 aromatic rings. The maximum Gasteiger partial charge on any atom is 0.342 e. The lowest BCUT2D eigenvalue weighted by Crippen LogP contribution is -2.25. The van der Waals surface area contributed by atoms with Gasteiger partial charge in [0.25, 0.3) is 5.91 Å². The number of amides is 1. The fourth-order valence-corrected chi connectivity index (χ4v) is 1.89. The molecule has 1 amide bonds. The van der Waals surface area contributed by atoms with Crippen LogP contribution in [0.2, 0.25) is 0 Å². The average Bonchev–Trinajstić information content (AvgIpc) is 2.46. The van der Waals surface area contributed by atoms with Crippen LogP contribution in [0.25, 0.3) is 0 Å². The Morgan fingerprint density at radius 1 is 1.09 bits per heavy atom. The molecule has 0 bridgehead atoms. The molecule has 0 radical (unpaired) electrons. The van der Waals surface area contributed by atoms with Crippen molar-refractivity contribution in [3.63, 3.8) is 0 Å². The van der Waals surface area contributed by atoms with E-state index >= 15 is 0 Å². The van der Waals surface area contributed by atoms with Gasteiger partial charge in [-0.05, 0) is 52.0 Å². The second-order valence-electron chi connectivity index (χ2n) is 6.22. The number of carbonyl (C=O) groups is 2. The molecule has 0 saturated carbocycles. The van der Waals surface area contributed by atoms with Gasteiger partial charge in [-0.15, -0.1) is 0 Å². The van der Waals surface area contributed by atoms with Crippen molar-refractivity contribution in [1.29, 1.82) is 0 Å². The Morgan fingerprint density at radius 2 is 1.74 bits per heavy atom. The van der Waals surface area contributed by atoms with Crippen LogP contribution in [-0.2, 0) is 4.74 Å². The molecule has 0 saturated heterocycles. The van der Waals surface area contributed by atoms with Gasteiger partial charge in [-0.2, -0.15) is 0 Å². The number of aromatic nitrogens is 1. The van der Waals surface area contributed by atoms with E-state index in [0.717, 1.165) is 5.56 Å². The van der Waals surface area contributed by atoms with Crippen LogP contribution in [-0.4, -0.2) is 22.5 Å². The summed E-state index contributed by atoms with van der Waals surface area (Å²) in [5.74, 6) is -0.661. The first-order valence-corrected chi connectivity index (χ1v) is 7.33. The third kappa shape index (κ3) is 4.64. The topological polar surface area (TPSA) is 68.3 Å². The van der Waals surface area contributed by atoms with Gasteiger partial charge >= 0.3 is 5.97 Å². The van der Waals surface area contributed by atoms with E-state index in [4.69, 9.17) is 4.74 Å². The Balaban J connectivity index is 2.22. The zero-order valence-electron chi connectivity index (χ0n) is 13.7. The molecular formula is C18H20N2O3. The molecule has 0 unspecified atom stereocenters. The zero-order valence-corrected chi connectivity index (χ0v) is 13.7. The highest BCUT2D eigenvalue weighted by Gasteiger charge is 2.21. The van der Waals surface area contributed by atoms with E-state index < -0.39 is 11.6 Å². The van der Waals surface area contributed by atoms with Gasteiger partial charge < -0.3 is 10.1 Å². The maximum atomic E-state index is 12.3. The number of benzene rings is 1. The van der Waals surface area contributed by atoms with E-state index in [1.165, 1.54) is 6.20 Å². The van der Waals surface area contributed by atoms with Gasteiger partial charge in [0, 0.05) is 11.8 Å². The number of nitrogens with zero attached hydrogens (tertiary/aromatic N) is 1. The Bertz CT molecular complexity index is 716. The number of hydrogen-bond acceptors (Lipinski definition) is 4. The molecule has 0 aliphatic carbocycles. The molecule has 1 heterocycles. The highest BCUT2D eigenvalue weighted by Crippen LogP contribution is 2.18. The van der Waals surface area contributed by atoms with Crippen LogP contribution in [0.5, 0.6) is 0 Å². The van der Waals surface area contributed by atoms with Gasteiger partial charge in [-0.25, -0.2) is 9.78 Å². The molecule has 0 atom stereocenters. The lowest BCUT2D eigenvalue weighted by atomic mass is 10.1. The lowest BCUT2D eigenvalue weighted by Gasteiger charge is -2.20. The first kappa shape index (κ1) is 16.7. The van der Waals surface area contributed by atoms with Gasteiger partial charge in [-0.1, -0.05) is 17.7 Å². The molecule has 5 nitrogen and oxygen atoms in total. The Labute approximate surface area is 135 Å². The first-order valence-electron chi connectivity index (χ1n) is 7.33. The molecule has 1 aromatic heterocycles. The monoisotopic (exact) mass is 312 g/mol. The molecular weight excluding hydrogens is 292 g/mol. The summed E-state index contributed by atoms with van der Waals surface area (Å²) in [7, 11) is 0. The number of ether oxygens (including phenoxy) is 1. The van der Waals surface area contributed by atoms with Crippen LogP contribution >= 0.6 is 0 Å². The van der Waals surface area contributed by atoms with Crippen molar-refractivity contribution in [2.45, 2.75) is 33.3 Å². The fourth-order valence-electron chi connectivity index (χ4n) is 1.89. The summed E-state index contributed by atoms with van der Waals surface area (Å²) < 4.78 is 5.34. The smallest absolute Gasteiger partial charge is 0.342 e. The van der Waals surface area contributed by atoms with Gasteiger partial charge in [0.15, 0.2) is 0 Å². The molecule has 0 aliphatic rings. The van der Waals surface area contributed by atoms with Crippen molar-refractivity contribution in [2.75, 3.05) is 5.32 Å². The predicted octanol–water partition coefficient (Wildman–Crippen LogP) is 3.60. The minimum Gasteiger partial charge on any atom is -0.456 e. The van der Waals surface area contributed by atoms with Crippen molar-refractivity contribution in [2.24, 2.45) is 0 Å². The molecule has 2 rings (SSSR count). The Morgan fingerprint density at radius 3 is 2.35 bits per heavy atom. The average molecular weight is 312 g/mol. The maximum absolute atomic E-state index is 12.3. The fraction of sp³-hybridized carbons (Fsp3) is 0.278. The van der Waals surface area contributed by atoms with Crippen molar-refractivity contribution in [3.05, 3.63) is 59.3 Å². The number of aryl methyl sites for hydroxylation is 1. The van der Waals surface area contributed by atoms with Gasteiger partial charge in [0.05, 0.1) is 0 Å². The Hall–Kier alpha value is -2.69. The SMILES string of the molecule is Cc1ccc(C(=O)Nc2ncccc2C(=O)OC(C)(C)C)cc1. The van der Waals surface area contributed by atoms with Crippen LogP contribution in [0.15, 0.2) is 42.6 Å². The summed E-state index contributed by atoms with van der Waals surface area (Å²) in [6, 6.07) is 10.3. The number of carbonyl (C=O) groups excluding carboxylic acids is 2. The van der Waals surface area contributed by atoms with E-state index in [0.29, 0.717) is 5.56 Å². The Kier molecular flexibility index (Phi) is 4.79. The second-order valence-corrected chi connectivity index (χ2v) is 6.22. The normalized spacial score (nSPS) is 11.0. The van der Waals surface area contributed by atoms with Crippen LogP contribution < -0.4 is 5.32 Å². The van der Waals surface area contributed by atoms with Gasteiger partial charge in [-0.3, -0.25) is 4.79 Å². The van der Waals surface area contributed by atoms with Crippen LogP contribution in [0.3, 0.4) is 0 Å². The van der Waals surface area contributed by atoms with Gasteiger partial charge in [0.2, 0.25) is 0 Å². The van der Waals surface area contributed by atoms with E-state index in [9.17, 15) is 9.59 Å². The molecule has 0 spiro atoms. The first-order chi connectivity index (χ1) is 10.8. The summed E-state index contributed by atoms with van der Waals surface area (Å²) in [6.07, 6.45) is 1.51. The van der Waals surface area contributed by atoms with E-state index in [-0.39, 0.29) is 17.3 Å². The van der Waals surface area contributed by atoms with Crippen molar-refractivity contribution >= 4 is 17.7 Å². The van der Waals surface area contributed by atoms with E-state index in [2.05, 4.69) is 10.3 Å².